The highest BCUT2D eigenvalue weighted by molar-refractivity contribution is 5.66. The highest BCUT2D eigenvalue weighted by Gasteiger charge is 2.47. The van der Waals surface area contributed by atoms with Crippen molar-refractivity contribution in [2.75, 3.05) is 0 Å². The Hall–Kier alpha value is -1.51. The highest BCUT2D eigenvalue weighted by Crippen LogP contribution is 2.44. The molecule has 1 saturated heterocycles. The molecule has 0 amide bonds. The number of allylic oxidation sites excluding steroid dienone is 2. The molecular formula is C21H32O5. The van der Waals surface area contributed by atoms with Crippen LogP contribution in [0, 0.1) is 23.7 Å². The Morgan fingerprint density at radius 1 is 1.35 bits per heavy atom. The minimum Gasteiger partial charge on any atom is -0.495 e. The number of carboxylic acids is 1. The molecule has 3 N–H and O–H groups in total. The topological polar surface area (TPSA) is 87.0 Å². The Kier molecular flexibility index (Phi) is 8.47. The van der Waals surface area contributed by atoms with Crippen LogP contribution in [0.4, 0.5) is 0 Å². The second kappa shape index (κ2) is 10.6. The molecule has 1 aliphatic heterocycles. The molecule has 0 aromatic heterocycles. The quantitative estimate of drug-likeness (QED) is 0.432. The first-order chi connectivity index (χ1) is 12.5. The monoisotopic (exact) mass is 364 g/mol. The lowest BCUT2D eigenvalue weighted by Crippen LogP contribution is -2.18. The molecule has 0 aromatic rings. The van der Waals surface area contributed by atoms with Crippen molar-refractivity contribution < 1.29 is 24.9 Å². The number of ether oxygens (including phenoxy) is 1. The van der Waals surface area contributed by atoms with E-state index in [0.29, 0.717) is 25.7 Å². The summed E-state index contributed by atoms with van der Waals surface area (Å²) in [6.45, 7) is 2.16. The van der Waals surface area contributed by atoms with Gasteiger partial charge in [0.15, 0.2) is 0 Å². The van der Waals surface area contributed by atoms with Crippen LogP contribution >= 0.6 is 0 Å². The van der Waals surface area contributed by atoms with Crippen LogP contribution < -0.4 is 0 Å². The van der Waals surface area contributed by atoms with Crippen LogP contribution in [0.1, 0.15) is 71.1 Å². The number of unbranched alkanes of at least 4 members (excludes halogenated alkanes) is 4. The van der Waals surface area contributed by atoms with E-state index in [9.17, 15) is 15.0 Å². The summed E-state index contributed by atoms with van der Waals surface area (Å²) >= 11 is 0. The summed E-state index contributed by atoms with van der Waals surface area (Å²) < 4.78 is 5.92. The maximum atomic E-state index is 10.5. The van der Waals surface area contributed by atoms with Crippen LogP contribution in [0.15, 0.2) is 11.8 Å². The van der Waals surface area contributed by atoms with Gasteiger partial charge in [0.25, 0.3) is 0 Å². The van der Waals surface area contributed by atoms with Crippen molar-refractivity contribution in [1.82, 2.24) is 0 Å². The first-order valence-electron chi connectivity index (χ1n) is 9.96. The van der Waals surface area contributed by atoms with E-state index in [0.717, 1.165) is 25.0 Å². The van der Waals surface area contributed by atoms with Gasteiger partial charge in [-0.15, -0.1) is 0 Å². The number of aliphatic carboxylic acids is 1. The molecule has 1 saturated carbocycles. The zero-order valence-electron chi connectivity index (χ0n) is 15.7. The Bertz CT molecular complexity index is 544. The fourth-order valence-electron chi connectivity index (χ4n) is 3.82. The Morgan fingerprint density at radius 3 is 2.88 bits per heavy atom. The number of fused-ring (bicyclic) bond motifs is 1. The largest absolute Gasteiger partial charge is 0.495 e. The molecule has 0 bridgehead atoms. The summed E-state index contributed by atoms with van der Waals surface area (Å²) in [5.74, 6) is 6.16. The van der Waals surface area contributed by atoms with Crippen LogP contribution in [-0.2, 0) is 9.53 Å². The van der Waals surface area contributed by atoms with Gasteiger partial charge < -0.3 is 20.1 Å². The minimum atomic E-state index is -0.778. The Morgan fingerprint density at radius 2 is 2.15 bits per heavy atom. The van der Waals surface area contributed by atoms with Gasteiger partial charge in [-0.3, -0.25) is 4.79 Å². The van der Waals surface area contributed by atoms with Crippen molar-refractivity contribution in [1.29, 1.82) is 0 Å². The number of rotatable bonds is 9. The molecular weight excluding hydrogens is 332 g/mol. The van der Waals surface area contributed by atoms with Crippen molar-refractivity contribution in [2.24, 2.45) is 11.8 Å². The maximum Gasteiger partial charge on any atom is 0.303 e. The molecule has 0 unspecified atom stereocenters. The van der Waals surface area contributed by atoms with Gasteiger partial charge in [-0.25, -0.2) is 0 Å². The lowest BCUT2D eigenvalue weighted by atomic mass is 9.91. The third-order valence-corrected chi connectivity index (χ3v) is 5.28. The van der Waals surface area contributed by atoms with Gasteiger partial charge in [-0.2, -0.15) is 0 Å². The van der Waals surface area contributed by atoms with Crippen molar-refractivity contribution in [3.63, 3.8) is 0 Å². The number of aliphatic hydroxyl groups excluding tert-OH is 2. The first kappa shape index (κ1) is 20.8. The average Bonchev–Trinajstić information content (AvgIpc) is 3.10. The first-order valence-corrected chi connectivity index (χ1v) is 9.96. The standard InChI is InChI=1S/C21H32O5/c1-2-3-4-5-8-15(22)11-12-17-18-13-16(9-6-7-10-21(24)25)26-20(18)14-19(17)23/h9,15,17-20,22-23H,2-8,10,13-14H2,1H3,(H,24,25)/b16-9+/t15-,17+,18+,19+,20-/m0/s1. The number of carbonyl (C=O) groups is 1. The van der Waals surface area contributed by atoms with Gasteiger partial charge in [0.1, 0.15) is 12.2 Å². The van der Waals surface area contributed by atoms with Crippen LogP contribution in [0.3, 0.4) is 0 Å². The van der Waals surface area contributed by atoms with E-state index < -0.39 is 18.2 Å². The molecule has 1 heterocycles. The predicted molar refractivity (Wildman–Crippen MR) is 99.2 cm³/mol. The smallest absolute Gasteiger partial charge is 0.303 e. The van der Waals surface area contributed by atoms with Crippen molar-refractivity contribution in [3.8, 4) is 11.8 Å². The molecule has 5 nitrogen and oxygen atoms in total. The lowest BCUT2D eigenvalue weighted by Gasteiger charge is -2.13. The van der Waals surface area contributed by atoms with E-state index >= 15 is 0 Å². The molecule has 26 heavy (non-hydrogen) atoms. The van der Waals surface area contributed by atoms with Gasteiger partial charge in [-0.05, 0) is 31.8 Å². The fraction of sp³-hybridized carbons (Fsp3) is 0.762. The van der Waals surface area contributed by atoms with Gasteiger partial charge >= 0.3 is 5.97 Å². The molecule has 5 atom stereocenters. The Labute approximate surface area is 156 Å². The van der Waals surface area contributed by atoms with Gasteiger partial charge in [0.05, 0.1) is 17.8 Å². The van der Waals surface area contributed by atoms with E-state index in [-0.39, 0.29) is 24.4 Å². The van der Waals surface area contributed by atoms with Crippen LogP contribution in [-0.4, -0.2) is 39.6 Å². The van der Waals surface area contributed by atoms with E-state index in [1.807, 2.05) is 6.08 Å². The van der Waals surface area contributed by atoms with E-state index in [4.69, 9.17) is 9.84 Å². The third kappa shape index (κ3) is 6.34. The number of hydrogen-bond acceptors (Lipinski definition) is 4. The van der Waals surface area contributed by atoms with E-state index in [1.54, 1.807) is 0 Å². The molecule has 2 aliphatic rings. The van der Waals surface area contributed by atoms with Gasteiger partial charge in [-0.1, -0.05) is 38.0 Å². The molecule has 2 rings (SSSR count). The Balaban J connectivity index is 1.82. The van der Waals surface area contributed by atoms with Crippen LogP contribution in [0.25, 0.3) is 0 Å². The lowest BCUT2D eigenvalue weighted by molar-refractivity contribution is -0.137. The summed E-state index contributed by atoms with van der Waals surface area (Å²) in [7, 11) is 0. The second-order valence-corrected chi connectivity index (χ2v) is 7.46. The third-order valence-electron chi connectivity index (χ3n) is 5.28. The average molecular weight is 364 g/mol. The SMILES string of the molecule is CCCCCC[C@H](O)C#C[C@@H]1[C@H]2C/C(=C\CCCC(=O)O)O[C@H]2C[C@H]1O. The van der Waals surface area contributed by atoms with Crippen molar-refractivity contribution >= 4 is 5.97 Å². The van der Waals surface area contributed by atoms with E-state index in [2.05, 4.69) is 18.8 Å². The minimum absolute atomic E-state index is 0.0169. The molecule has 146 valence electrons. The fourth-order valence-corrected chi connectivity index (χ4v) is 3.82. The molecule has 5 heteroatoms. The molecule has 0 spiro atoms. The summed E-state index contributed by atoms with van der Waals surface area (Å²) in [4.78, 5) is 10.5. The number of carboxylic acid groups (broad SMARTS) is 1. The highest BCUT2D eigenvalue weighted by atomic mass is 16.5. The van der Waals surface area contributed by atoms with Crippen molar-refractivity contribution in [3.05, 3.63) is 11.8 Å². The number of hydrogen-bond donors (Lipinski definition) is 3. The van der Waals surface area contributed by atoms with Crippen LogP contribution in [0.2, 0.25) is 0 Å². The number of aliphatic hydroxyl groups is 2. The maximum absolute atomic E-state index is 10.5. The summed E-state index contributed by atoms with van der Waals surface area (Å²) in [6.07, 6.45) is 8.76. The normalized spacial score (nSPS) is 29.7. The molecule has 0 aromatic carbocycles. The van der Waals surface area contributed by atoms with Gasteiger partial charge in [0.2, 0.25) is 0 Å². The zero-order chi connectivity index (χ0) is 18.9. The molecule has 0 radical (unpaired) electrons. The summed E-state index contributed by atoms with van der Waals surface area (Å²) in [6, 6.07) is 0. The van der Waals surface area contributed by atoms with Crippen molar-refractivity contribution in [2.45, 2.75) is 89.4 Å². The summed E-state index contributed by atoms with van der Waals surface area (Å²) in [5.41, 5.74) is 0. The second-order valence-electron chi connectivity index (χ2n) is 7.46. The zero-order valence-corrected chi connectivity index (χ0v) is 15.7. The molecule has 1 aliphatic carbocycles. The predicted octanol–water partition coefficient (Wildman–Crippen LogP) is 3.25. The molecule has 2 fully saturated rings. The van der Waals surface area contributed by atoms with Crippen LogP contribution in [0.5, 0.6) is 0 Å². The summed E-state index contributed by atoms with van der Waals surface area (Å²) in [5, 5.41) is 29.0. The van der Waals surface area contributed by atoms with E-state index in [1.165, 1.54) is 12.8 Å². The van der Waals surface area contributed by atoms with Gasteiger partial charge in [0, 0.05) is 25.2 Å².